The number of aliphatic hydroxyl groups excluding tert-OH is 1. The smallest absolute Gasteiger partial charge is 0.410 e. The molecule has 0 bridgehead atoms. The molecule has 146 valence electrons. The predicted molar refractivity (Wildman–Crippen MR) is 99.7 cm³/mol. The van der Waals surface area contributed by atoms with Crippen LogP contribution in [0.2, 0.25) is 5.02 Å². The van der Waals surface area contributed by atoms with Gasteiger partial charge in [-0.3, -0.25) is 4.90 Å². The lowest BCUT2D eigenvalue weighted by atomic mass is 10.1. The molecule has 0 saturated carbocycles. The van der Waals surface area contributed by atoms with Crippen LogP contribution in [0.4, 0.5) is 4.79 Å². The Balaban J connectivity index is 2.22. The van der Waals surface area contributed by atoms with Crippen LogP contribution in [0, 0.1) is 0 Å². The molecule has 1 heterocycles. The average molecular weight is 386 g/mol. The van der Waals surface area contributed by atoms with Crippen LogP contribution in [0.1, 0.15) is 45.7 Å². The van der Waals surface area contributed by atoms with E-state index in [1.807, 2.05) is 26.8 Å². The lowest BCUT2D eigenvalue weighted by Crippen LogP contribution is -2.40. The minimum atomic E-state index is -0.572. The highest BCUT2D eigenvalue weighted by Gasteiger charge is 2.32. The number of carbonyl (C=O) groups is 1. The van der Waals surface area contributed by atoms with E-state index in [0.29, 0.717) is 30.5 Å². The third kappa shape index (κ3) is 6.04. The van der Waals surface area contributed by atoms with E-state index in [-0.39, 0.29) is 18.7 Å². The quantitative estimate of drug-likeness (QED) is 0.853. The molecule has 2 atom stereocenters. The summed E-state index contributed by atoms with van der Waals surface area (Å²) in [5.74, 6) is 0.568. The molecule has 26 heavy (non-hydrogen) atoms. The first-order valence-electron chi connectivity index (χ1n) is 8.85. The first-order valence-corrected chi connectivity index (χ1v) is 9.23. The Labute approximate surface area is 160 Å². The van der Waals surface area contributed by atoms with Crippen LogP contribution in [-0.2, 0) is 9.47 Å². The summed E-state index contributed by atoms with van der Waals surface area (Å²) < 4.78 is 16.7. The van der Waals surface area contributed by atoms with Crippen molar-refractivity contribution >= 4 is 17.7 Å². The van der Waals surface area contributed by atoms with Crippen molar-refractivity contribution in [2.75, 3.05) is 26.4 Å². The zero-order valence-electron chi connectivity index (χ0n) is 15.8. The number of benzene rings is 1. The van der Waals surface area contributed by atoms with E-state index in [0.717, 1.165) is 12.0 Å². The maximum atomic E-state index is 12.7. The molecule has 1 aromatic carbocycles. The zero-order chi connectivity index (χ0) is 19.3. The third-order valence-corrected chi connectivity index (χ3v) is 4.12. The number of hydrogen-bond acceptors (Lipinski definition) is 5. The van der Waals surface area contributed by atoms with Gasteiger partial charge in [-0.05, 0) is 51.8 Å². The molecule has 0 aliphatic carbocycles. The fourth-order valence-corrected chi connectivity index (χ4v) is 2.96. The summed E-state index contributed by atoms with van der Waals surface area (Å²) >= 11 is 6.46. The summed E-state index contributed by atoms with van der Waals surface area (Å²) in [6.07, 6.45) is -0.201. The molecule has 0 spiro atoms. The van der Waals surface area contributed by atoms with Crippen molar-refractivity contribution in [2.24, 2.45) is 0 Å². The van der Waals surface area contributed by atoms with E-state index in [2.05, 4.69) is 0 Å². The van der Waals surface area contributed by atoms with Gasteiger partial charge in [-0.15, -0.1) is 0 Å². The van der Waals surface area contributed by atoms with Gasteiger partial charge in [0.25, 0.3) is 0 Å². The number of carbonyl (C=O) groups excluding carboxylic acids is 1. The summed E-state index contributed by atoms with van der Waals surface area (Å²) in [5, 5.41) is 9.81. The zero-order valence-corrected chi connectivity index (χ0v) is 16.6. The summed E-state index contributed by atoms with van der Waals surface area (Å²) in [6, 6.07) is 4.97. The van der Waals surface area contributed by atoms with Crippen molar-refractivity contribution in [1.29, 1.82) is 0 Å². The van der Waals surface area contributed by atoms with E-state index >= 15 is 0 Å². The highest BCUT2D eigenvalue weighted by atomic mass is 35.5. The third-order valence-electron chi connectivity index (χ3n) is 3.79. The Bertz CT molecular complexity index is 614. The maximum absolute atomic E-state index is 12.7. The standard InChI is InChI=1S/C19H28ClNO5/c1-13(22)11-25-14-6-7-15(16(20)10-14)17-12-24-9-5-8-21(17)18(23)26-19(2,3)4/h6-7,10,13,17,22H,5,8-9,11-12H2,1-4H3. The van der Waals surface area contributed by atoms with E-state index in [1.54, 1.807) is 24.0 Å². The predicted octanol–water partition coefficient (Wildman–Crippen LogP) is 3.80. The van der Waals surface area contributed by atoms with Crippen LogP contribution in [0.5, 0.6) is 5.75 Å². The van der Waals surface area contributed by atoms with Gasteiger partial charge in [-0.2, -0.15) is 0 Å². The Morgan fingerprint density at radius 1 is 1.46 bits per heavy atom. The number of hydrogen-bond donors (Lipinski definition) is 1. The number of rotatable bonds is 4. The molecule has 0 aromatic heterocycles. The van der Waals surface area contributed by atoms with E-state index < -0.39 is 11.7 Å². The number of aliphatic hydroxyl groups is 1. The fourth-order valence-electron chi connectivity index (χ4n) is 2.66. The normalized spacial score (nSPS) is 19.6. The first-order chi connectivity index (χ1) is 12.2. The topological polar surface area (TPSA) is 68.2 Å². The maximum Gasteiger partial charge on any atom is 0.410 e. The molecule has 1 saturated heterocycles. The van der Waals surface area contributed by atoms with Crippen molar-refractivity contribution < 1.29 is 24.1 Å². The molecule has 1 N–H and O–H groups in total. The van der Waals surface area contributed by atoms with Crippen LogP contribution >= 0.6 is 11.6 Å². The molecule has 1 aliphatic heterocycles. The average Bonchev–Trinajstić information content (AvgIpc) is 2.77. The molecule has 7 heteroatoms. The van der Waals surface area contributed by atoms with Crippen molar-refractivity contribution in [2.45, 2.75) is 51.9 Å². The van der Waals surface area contributed by atoms with Crippen molar-refractivity contribution in [3.8, 4) is 5.75 Å². The van der Waals surface area contributed by atoms with Crippen molar-refractivity contribution in [3.63, 3.8) is 0 Å². The van der Waals surface area contributed by atoms with Gasteiger partial charge in [0.2, 0.25) is 0 Å². The van der Waals surface area contributed by atoms with Gasteiger partial charge < -0.3 is 19.3 Å². The van der Waals surface area contributed by atoms with Gasteiger partial charge in [0.15, 0.2) is 0 Å². The molecule has 1 aromatic rings. The van der Waals surface area contributed by atoms with Gasteiger partial charge in [-0.1, -0.05) is 17.7 Å². The lowest BCUT2D eigenvalue weighted by Gasteiger charge is -2.32. The van der Waals surface area contributed by atoms with Crippen LogP contribution < -0.4 is 4.74 Å². The van der Waals surface area contributed by atoms with E-state index in [9.17, 15) is 9.90 Å². The Morgan fingerprint density at radius 2 is 2.19 bits per heavy atom. The Kier molecular flexibility index (Phi) is 7.15. The SMILES string of the molecule is CC(O)COc1ccc(C2COCCCN2C(=O)OC(C)(C)C)c(Cl)c1. The Morgan fingerprint density at radius 3 is 2.81 bits per heavy atom. The molecule has 2 unspecified atom stereocenters. The molecular weight excluding hydrogens is 358 g/mol. The second-order valence-corrected chi connectivity index (χ2v) is 7.87. The van der Waals surface area contributed by atoms with Gasteiger partial charge >= 0.3 is 6.09 Å². The summed E-state index contributed by atoms with van der Waals surface area (Å²) in [7, 11) is 0. The van der Waals surface area contributed by atoms with Gasteiger partial charge in [0.1, 0.15) is 18.0 Å². The monoisotopic (exact) mass is 385 g/mol. The van der Waals surface area contributed by atoms with Gasteiger partial charge in [0.05, 0.1) is 18.8 Å². The van der Waals surface area contributed by atoms with Crippen molar-refractivity contribution in [1.82, 2.24) is 4.90 Å². The number of amides is 1. The summed E-state index contributed by atoms with van der Waals surface area (Å²) in [4.78, 5) is 14.3. The highest BCUT2D eigenvalue weighted by Crippen LogP contribution is 2.33. The molecule has 6 nitrogen and oxygen atoms in total. The van der Waals surface area contributed by atoms with Crippen LogP contribution in [0.25, 0.3) is 0 Å². The van der Waals surface area contributed by atoms with Crippen LogP contribution in [0.15, 0.2) is 18.2 Å². The number of ether oxygens (including phenoxy) is 3. The molecule has 0 radical (unpaired) electrons. The van der Waals surface area contributed by atoms with Gasteiger partial charge in [0, 0.05) is 18.2 Å². The number of halogens is 1. The minimum Gasteiger partial charge on any atom is -0.491 e. The second kappa shape index (κ2) is 8.93. The largest absolute Gasteiger partial charge is 0.491 e. The van der Waals surface area contributed by atoms with E-state index in [4.69, 9.17) is 25.8 Å². The van der Waals surface area contributed by atoms with Crippen LogP contribution in [-0.4, -0.2) is 54.2 Å². The van der Waals surface area contributed by atoms with Crippen molar-refractivity contribution in [3.05, 3.63) is 28.8 Å². The Hall–Kier alpha value is -1.50. The fraction of sp³-hybridized carbons (Fsp3) is 0.632. The molecule has 1 aliphatic rings. The molecule has 1 amide bonds. The molecule has 2 rings (SSSR count). The highest BCUT2D eigenvalue weighted by molar-refractivity contribution is 6.31. The van der Waals surface area contributed by atoms with Gasteiger partial charge in [-0.25, -0.2) is 4.79 Å². The second-order valence-electron chi connectivity index (χ2n) is 7.46. The number of nitrogens with zero attached hydrogens (tertiary/aromatic N) is 1. The molecule has 1 fully saturated rings. The lowest BCUT2D eigenvalue weighted by molar-refractivity contribution is 0.0119. The first kappa shape index (κ1) is 20.8. The molecular formula is C19H28ClNO5. The van der Waals surface area contributed by atoms with E-state index in [1.165, 1.54) is 0 Å². The summed E-state index contributed by atoms with van der Waals surface area (Å²) in [6.45, 7) is 8.84. The summed E-state index contributed by atoms with van der Waals surface area (Å²) in [5.41, 5.74) is 0.209. The van der Waals surface area contributed by atoms with Crippen LogP contribution in [0.3, 0.4) is 0 Å². The minimum absolute atomic E-state index is 0.187.